The van der Waals surface area contributed by atoms with E-state index in [1.165, 1.54) is 31.4 Å². The average Bonchev–Trinajstić information content (AvgIpc) is 2.90. The van der Waals surface area contributed by atoms with Crippen LogP contribution in [0, 0.1) is 5.92 Å². The van der Waals surface area contributed by atoms with Crippen LogP contribution in [0.1, 0.15) is 46.0 Å². The van der Waals surface area contributed by atoms with Gasteiger partial charge in [0.15, 0.2) is 0 Å². The zero-order valence-corrected chi connectivity index (χ0v) is 15.9. The Bertz CT molecular complexity index is 306. The Morgan fingerprint density at radius 2 is 2.23 bits per heavy atom. The smallest absolute Gasteiger partial charge is 0.407 e. The first-order valence-electron chi connectivity index (χ1n) is 8.51. The molecule has 0 bridgehead atoms. The third-order valence-electron chi connectivity index (χ3n) is 4.04. The van der Waals surface area contributed by atoms with Gasteiger partial charge in [0.05, 0.1) is 0 Å². The van der Waals surface area contributed by atoms with Crippen LogP contribution in [0.4, 0.5) is 4.79 Å². The number of hydrogen-bond acceptors (Lipinski definition) is 5. The summed E-state index contributed by atoms with van der Waals surface area (Å²) in [5, 5.41) is 2.93. The molecule has 130 valence electrons. The van der Waals surface area contributed by atoms with Crippen LogP contribution in [0.5, 0.6) is 0 Å². The molecule has 1 fully saturated rings. The highest BCUT2D eigenvalue weighted by atomic mass is 33.1. The molecule has 0 unspecified atom stereocenters. The molecule has 2 atom stereocenters. The molecule has 1 heterocycles. The first-order valence-corrected chi connectivity index (χ1v) is 11.0. The predicted octanol–water partition coefficient (Wildman–Crippen LogP) is 4.01. The monoisotopic (exact) mass is 348 g/mol. The fourth-order valence-corrected chi connectivity index (χ4v) is 4.91. The third-order valence-corrected chi connectivity index (χ3v) is 6.56. The molecule has 1 rings (SSSR count). The van der Waals surface area contributed by atoms with E-state index >= 15 is 0 Å². The number of unbranched alkanes of at least 4 members (excludes halogenated alkanes) is 1. The lowest BCUT2D eigenvalue weighted by Crippen LogP contribution is -2.37. The molecule has 1 N–H and O–H groups in total. The van der Waals surface area contributed by atoms with Gasteiger partial charge in [0.2, 0.25) is 0 Å². The fourth-order valence-electron chi connectivity index (χ4n) is 2.53. The van der Waals surface area contributed by atoms with Gasteiger partial charge >= 0.3 is 6.09 Å². The zero-order chi connectivity index (χ0) is 16.2. The van der Waals surface area contributed by atoms with Crippen molar-refractivity contribution in [1.29, 1.82) is 0 Å². The van der Waals surface area contributed by atoms with Crippen LogP contribution in [0.25, 0.3) is 0 Å². The predicted molar refractivity (Wildman–Crippen MR) is 98.6 cm³/mol. The molecule has 6 heteroatoms. The maximum absolute atomic E-state index is 11.6. The summed E-state index contributed by atoms with van der Waals surface area (Å²) in [6.45, 7) is 7.00. The van der Waals surface area contributed by atoms with E-state index in [4.69, 9.17) is 4.74 Å². The highest BCUT2D eigenvalue weighted by Crippen LogP contribution is 2.27. The standard InChI is InChI=1S/C16H32N2O2S2/c1-4-6-7-14(5-2)13-22-21-11-10-20-16(19)17-15-8-9-18(3)12-15/h14-15H,4-13H2,1-3H3,(H,17,19)/t14-,15-/m1/s1. The van der Waals surface area contributed by atoms with Gasteiger partial charge in [0.25, 0.3) is 0 Å². The minimum absolute atomic E-state index is 0.253. The topological polar surface area (TPSA) is 41.6 Å². The highest BCUT2D eigenvalue weighted by Gasteiger charge is 2.21. The molecule has 1 aliphatic rings. The molecule has 1 amide bonds. The van der Waals surface area contributed by atoms with Crippen LogP contribution in [0.3, 0.4) is 0 Å². The molecule has 0 saturated carbocycles. The number of alkyl carbamates (subject to hydrolysis) is 1. The molecule has 1 saturated heterocycles. The van der Waals surface area contributed by atoms with E-state index < -0.39 is 0 Å². The largest absolute Gasteiger partial charge is 0.449 e. The van der Waals surface area contributed by atoms with Gasteiger partial charge in [-0.25, -0.2) is 4.79 Å². The summed E-state index contributed by atoms with van der Waals surface area (Å²) in [6.07, 6.45) is 5.99. The van der Waals surface area contributed by atoms with E-state index in [1.54, 1.807) is 0 Å². The summed E-state index contributed by atoms with van der Waals surface area (Å²) >= 11 is 0. The Morgan fingerprint density at radius 3 is 2.86 bits per heavy atom. The fraction of sp³-hybridized carbons (Fsp3) is 0.938. The number of rotatable bonds is 11. The molecule has 22 heavy (non-hydrogen) atoms. The Balaban J connectivity index is 1.95. The molecule has 0 aromatic heterocycles. The Labute approximate surface area is 143 Å². The third kappa shape index (κ3) is 9.16. The van der Waals surface area contributed by atoms with Crippen molar-refractivity contribution in [2.24, 2.45) is 5.92 Å². The number of likely N-dealkylation sites (tertiary alicyclic amines) is 1. The maximum atomic E-state index is 11.6. The van der Waals surface area contributed by atoms with E-state index in [0.29, 0.717) is 6.61 Å². The van der Waals surface area contributed by atoms with Crippen molar-refractivity contribution in [1.82, 2.24) is 10.2 Å². The number of carbonyl (C=O) groups is 1. The van der Waals surface area contributed by atoms with Crippen LogP contribution in [0.15, 0.2) is 0 Å². The first kappa shape index (κ1) is 20.0. The van der Waals surface area contributed by atoms with E-state index in [1.807, 2.05) is 21.6 Å². The molecule has 1 aliphatic heterocycles. The molecule has 0 radical (unpaired) electrons. The van der Waals surface area contributed by atoms with Crippen LogP contribution in [0.2, 0.25) is 0 Å². The van der Waals surface area contributed by atoms with E-state index in [2.05, 4.69) is 31.1 Å². The lowest BCUT2D eigenvalue weighted by Gasteiger charge is -2.14. The molecule has 4 nitrogen and oxygen atoms in total. The van der Waals surface area contributed by atoms with Gasteiger partial charge in [-0.15, -0.1) is 0 Å². The van der Waals surface area contributed by atoms with E-state index in [9.17, 15) is 4.79 Å². The summed E-state index contributed by atoms with van der Waals surface area (Å²) < 4.78 is 5.23. The number of amides is 1. The summed E-state index contributed by atoms with van der Waals surface area (Å²) in [4.78, 5) is 13.9. The number of nitrogens with one attached hydrogen (secondary N) is 1. The Morgan fingerprint density at radius 1 is 1.41 bits per heavy atom. The SMILES string of the molecule is CCCC[C@@H](CC)CSSCCOC(=O)N[C@@H]1CCN(C)C1. The van der Waals surface area contributed by atoms with Crippen LogP contribution < -0.4 is 5.32 Å². The minimum Gasteiger partial charge on any atom is -0.449 e. The van der Waals surface area contributed by atoms with Gasteiger partial charge in [-0.05, 0) is 32.4 Å². The van der Waals surface area contributed by atoms with Gasteiger partial charge in [-0.3, -0.25) is 0 Å². The minimum atomic E-state index is -0.264. The molecular formula is C16H32N2O2S2. The zero-order valence-electron chi connectivity index (χ0n) is 14.3. The Kier molecular flexibility index (Phi) is 11.2. The van der Waals surface area contributed by atoms with Crippen molar-refractivity contribution in [3.63, 3.8) is 0 Å². The van der Waals surface area contributed by atoms with Crippen molar-refractivity contribution in [2.45, 2.75) is 52.0 Å². The number of ether oxygens (including phenoxy) is 1. The summed E-state index contributed by atoms with van der Waals surface area (Å²) in [5.74, 6) is 2.91. The van der Waals surface area contributed by atoms with Crippen molar-refractivity contribution in [3.05, 3.63) is 0 Å². The van der Waals surface area contributed by atoms with Crippen LogP contribution >= 0.6 is 21.6 Å². The summed E-state index contributed by atoms with van der Waals surface area (Å²) in [5.41, 5.74) is 0. The second-order valence-electron chi connectivity index (χ2n) is 6.05. The number of carbonyl (C=O) groups excluding carboxylic acids is 1. The van der Waals surface area contributed by atoms with Crippen molar-refractivity contribution in [2.75, 3.05) is 38.2 Å². The quantitative estimate of drug-likeness (QED) is 0.451. The normalized spacial score (nSPS) is 20.0. The van der Waals surface area contributed by atoms with E-state index in [0.717, 1.165) is 31.2 Å². The van der Waals surface area contributed by atoms with Crippen LogP contribution in [-0.4, -0.2) is 55.3 Å². The summed E-state index contributed by atoms with van der Waals surface area (Å²) in [7, 11) is 5.81. The highest BCUT2D eigenvalue weighted by molar-refractivity contribution is 8.76. The number of hydrogen-bond donors (Lipinski definition) is 1. The molecule has 0 aliphatic carbocycles. The molecule has 0 aromatic carbocycles. The van der Waals surface area contributed by atoms with Crippen molar-refractivity contribution in [3.8, 4) is 0 Å². The Hall–Kier alpha value is -0.0700. The average molecular weight is 349 g/mol. The summed E-state index contributed by atoms with van der Waals surface area (Å²) in [6, 6.07) is 0.253. The number of likely N-dealkylation sites (N-methyl/N-ethyl adjacent to an activating group) is 1. The first-order chi connectivity index (χ1) is 10.7. The van der Waals surface area contributed by atoms with Crippen LogP contribution in [-0.2, 0) is 4.74 Å². The molecular weight excluding hydrogens is 316 g/mol. The van der Waals surface area contributed by atoms with Gasteiger partial charge in [0.1, 0.15) is 6.61 Å². The second kappa shape index (κ2) is 12.4. The lowest BCUT2D eigenvalue weighted by molar-refractivity contribution is 0.149. The van der Waals surface area contributed by atoms with Gasteiger partial charge in [-0.2, -0.15) is 0 Å². The second-order valence-corrected chi connectivity index (χ2v) is 8.68. The van der Waals surface area contributed by atoms with E-state index in [-0.39, 0.29) is 12.1 Å². The number of nitrogens with zero attached hydrogens (tertiary/aromatic N) is 1. The lowest BCUT2D eigenvalue weighted by atomic mass is 10.0. The van der Waals surface area contributed by atoms with Crippen molar-refractivity contribution >= 4 is 27.7 Å². The molecule has 0 aromatic rings. The molecule has 0 spiro atoms. The maximum Gasteiger partial charge on any atom is 0.407 e. The van der Waals surface area contributed by atoms with Crippen molar-refractivity contribution < 1.29 is 9.53 Å². The van der Waals surface area contributed by atoms with Gasteiger partial charge in [-0.1, -0.05) is 54.7 Å². The van der Waals surface area contributed by atoms with Gasteiger partial charge in [0, 0.05) is 24.1 Å². The van der Waals surface area contributed by atoms with Gasteiger partial charge < -0.3 is 15.0 Å².